The van der Waals surface area contributed by atoms with Crippen LogP contribution < -0.4 is 15.4 Å². The van der Waals surface area contributed by atoms with Gasteiger partial charge in [0.1, 0.15) is 0 Å². The van der Waals surface area contributed by atoms with Crippen LogP contribution in [0, 0.1) is 5.92 Å². The van der Waals surface area contributed by atoms with E-state index in [9.17, 15) is 9.90 Å². The summed E-state index contributed by atoms with van der Waals surface area (Å²) in [5.41, 5.74) is 3.57. The number of aromatic hydroxyl groups is 1. The number of methoxy groups -OCH3 is 2. The van der Waals surface area contributed by atoms with Gasteiger partial charge in [0.05, 0.1) is 19.8 Å². The number of hydrogen-bond donors (Lipinski definition) is 3. The lowest BCUT2D eigenvalue weighted by Crippen LogP contribution is -2.30. The summed E-state index contributed by atoms with van der Waals surface area (Å²) in [6, 6.07) is 11.3. The Bertz CT molecular complexity index is 940. The number of para-hydroxylation sites is 1. The second-order valence-electron chi connectivity index (χ2n) is 7.42. The Morgan fingerprint density at radius 3 is 2.90 bits per heavy atom. The second kappa shape index (κ2) is 8.17. The Kier molecular flexibility index (Phi) is 5.45. The molecule has 152 valence electrons. The maximum atomic E-state index is 12.4. The first-order chi connectivity index (χ1) is 14.1. The van der Waals surface area contributed by atoms with E-state index < -0.39 is 0 Å². The smallest absolute Gasteiger partial charge is 0.251 e. The summed E-state index contributed by atoms with van der Waals surface area (Å²) in [5.74, 6) is 0.994. The van der Waals surface area contributed by atoms with Crippen LogP contribution in [0.25, 0.3) is 0 Å². The summed E-state index contributed by atoms with van der Waals surface area (Å²) in [4.78, 5) is 12.4. The van der Waals surface area contributed by atoms with E-state index in [1.54, 1.807) is 20.3 Å². The van der Waals surface area contributed by atoms with Crippen molar-refractivity contribution in [3.05, 3.63) is 65.2 Å². The summed E-state index contributed by atoms with van der Waals surface area (Å²) in [6.07, 6.45) is 5.30. The molecule has 0 aromatic heterocycles. The van der Waals surface area contributed by atoms with Gasteiger partial charge in [0, 0.05) is 36.4 Å². The number of ether oxygens (including phenoxy) is 2. The zero-order chi connectivity index (χ0) is 20.4. The van der Waals surface area contributed by atoms with Crippen molar-refractivity contribution in [2.75, 3.05) is 32.7 Å². The molecular weight excluding hydrogens is 368 g/mol. The number of phenols is 1. The molecule has 0 radical (unpaired) electrons. The number of rotatable bonds is 6. The highest BCUT2D eigenvalue weighted by Gasteiger charge is 2.39. The van der Waals surface area contributed by atoms with Crippen LogP contribution in [0.15, 0.2) is 48.6 Å². The molecule has 0 saturated heterocycles. The summed E-state index contributed by atoms with van der Waals surface area (Å²) in [7, 11) is 3.17. The van der Waals surface area contributed by atoms with Gasteiger partial charge in [-0.25, -0.2) is 0 Å². The number of hydrogen-bond acceptors (Lipinski definition) is 5. The number of phenolic OH excluding ortho intramolecular Hbond substituents is 1. The molecule has 1 aliphatic carbocycles. The molecule has 3 atom stereocenters. The Morgan fingerprint density at radius 2 is 2.10 bits per heavy atom. The fourth-order valence-corrected chi connectivity index (χ4v) is 4.37. The zero-order valence-corrected chi connectivity index (χ0v) is 16.6. The van der Waals surface area contributed by atoms with Crippen molar-refractivity contribution >= 4 is 11.6 Å². The molecule has 1 amide bonds. The molecule has 0 saturated carbocycles. The Labute approximate surface area is 170 Å². The van der Waals surface area contributed by atoms with Gasteiger partial charge in [-0.1, -0.05) is 24.3 Å². The molecule has 0 bridgehead atoms. The van der Waals surface area contributed by atoms with Crippen molar-refractivity contribution in [1.29, 1.82) is 0 Å². The second-order valence-corrected chi connectivity index (χ2v) is 7.42. The van der Waals surface area contributed by atoms with Gasteiger partial charge in [0.2, 0.25) is 0 Å². The minimum atomic E-state index is -0.101. The van der Waals surface area contributed by atoms with E-state index in [0.717, 1.165) is 23.2 Å². The first-order valence-corrected chi connectivity index (χ1v) is 9.84. The van der Waals surface area contributed by atoms with Gasteiger partial charge in [0.25, 0.3) is 5.91 Å². The topological polar surface area (TPSA) is 79.8 Å². The molecule has 1 aliphatic heterocycles. The highest BCUT2D eigenvalue weighted by Crippen LogP contribution is 2.52. The summed E-state index contributed by atoms with van der Waals surface area (Å²) in [5, 5.41) is 17.1. The van der Waals surface area contributed by atoms with Crippen molar-refractivity contribution in [2.24, 2.45) is 5.92 Å². The number of allylic oxidation sites excluding steroid dienone is 2. The third-order valence-electron chi connectivity index (χ3n) is 5.80. The summed E-state index contributed by atoms with van der Waals surface area (Å²) >= 11 is 0. The minimum absolute atomic E-state index is 0.0426. The number of amides is 1. The Hall–Kier alpha value is -2.99. The minimum Gasteiger partial charge on any atom is -0.504 e. The van der Waals surface area contributed by atoms with Crippen molar-refractivity contribution in [2.45, 2.75) is 18.4 Å². The SMILES string of the molecule is COCCNC(=O)c1ccc2c(c1)C1C=CCC1C(c1cccc(OC)c1O)N2. The molecular formula is C23H26N2O4. The highest BCUT2D eigenvalue weighted by molar-refractivity contribution is 5.95. The summed E-state index contributed by atoms with van der Waals surface area (Å²) < 4.78 is 10.3. The van der Waals surface area contributed by atoms with Crippen molar-refractivity contribution in [1.82, 2.24) is 5.32 Å². The molecule has 3 N–H and O–H groups in total. The van der Waals surface area contributed by atoms with Crippen LogP contribution in [0.4, 0.5) is 5.69 Å². The molecule has 6 nitrogen and oxygen atoms in total. The van der Waals surface area contributed by atoms with Crippen LogP contribution in [-0.2, 0) is 4.74 Å². The molecule has 2 aliphatic rings. The lowest BCUT2D eigenvalue weighted by atomic mass is 9.76. The molecule has 3 unspecified atom stereocenters. The average Bonchev–Trinajstić information content (AvgIpc) is 3.23. The van der Waals surface area contributed by atoms with Gasteiger partial charge in [-0.3, -0.25) is 4.79 Å². The largest absolute Gasteiger partial charge is 0.504 e. The predicted octanol–water partition coefficient (Wildman–Crippen LogP) is 3.60. The summed E-state index contributed by atoms with van der Waals surface area (Å²) in [6.45, 7) is 0.963. The Morgan fingerprint density at radius 1 is 1.24 bits per heavy atom. The van der Waals surface area contributed by atoms with E-state index in [-0.39, 0.29) is 29.5 Å². The van der Waals surface area contributed by atoms with Crippen LogP contribution >= 0.6 is 0 Å². The van der Waals surface area contributed by atoms with Crippen molar-refractivity contribution in [3.63, 3.8) is 0 Å². The van der Waals surface area contributed by atoms with Crippen LogP contribution in [0.1, 0.15) is 39.9 Å². The van der Waals surface area contributed by atoms with Gasteiger partial charge in [-0.15, -0.1) is 0 Å². The predicted molar refractivity (Wildman–Crippen MR) is 112 cm³/mol. The highest BCUT2D eigenvalue weighted by atomic mass is 16.5. The first kappa shape index (κ1) is 19.3. The molecule has 0 spiro atoms. The van der Waals surface area contributed by atoms with Gasteiger partial charge in [-0.05, 0) is 42.2 Å². The fourth-order valence-electron chi connectivity index (χ4n) is 4.37. The number of anilines is 1. The monoisotopic (exact) mass is 394 g/mol. The normalized spacial score (nSPS) is 21.8. The maximum Gasteiger partial charge on any atom is 0.251 e. The standard InChI is InChI=1S/C23H26N2O4/c1-28-12-11-24-23(27)14-9-10-19-18(13-14)15-5-3-6-16(15)21(25-19)17-7-4-8-20(29-2)22(17)26/h3-5,7-10,13,15-16,21,25-26H,6,11-12H2,1-2H3,(H,24,27). The zero-order valence-electron chi connectivity index (χ0n) is 16.6. The van der Waals surface area contributed by atoms with Crippen molar-refractivity contribution in [3.8, 4) is 11.5 Å². The van der Waals surface area contributed by atoms with Crippen LogP contribution in [0.5, 0.6) is 11.5 Å². The molecule has 6 heteroatoms. The van der Waals surface area contributed by atoms with Gasteiger partial charge in [0.15, 0.2) is 11.5 Å². The molecule has 2 aromatic rings. The van der Waals surface area contributed by atoms with E-state index in [2.05, 4.69) is 22.8 Å². The number of fused-ring (bicyclic) bond motifs is 3. The van der Waals surface area contributed by atoms with Crippen LogP contribution in [-0.4, -0.2) is 38.4 Å². The Balaban J connectivity index is 1.65. The number of nitrogens with one attached hydrogen (secondary N) is 2. The van der Waals surface area contributed by atoms with E-state index >= 15 is 0 Å². The number of carbonyl (C=O) groups excluding carboxylic acids is 1. The molecule has 29 heavy (non-hydrogen) atoms. The van der Waals surface area contributed by atoms with Crippen LogP contribution in [0.2, 0.25) is 0 Å². The maximum absolute atomic E-state index is 12.4. The molecule has 2 aromatic carbocycles. The number of benzene rings is 2. The van der Waals surface area contributed by atoms with E-state index in [4.69, 9.17) is 9.47 Å². The molecule has 1 heterocycles. The van der Waals surface area contributed by atoms with Crippen LogP contribution in [0.3, 0.4) is 0 Å². The number of carbonyl (C=O) groups is 1. The van der Waals surface area contributed by atoms with Gasteiger partial charge < -0.3 is 25.2 Å². The lowest BCUT2D eigenvalue weighted by Gasteiger charge is -2.38. The lowest BCUT2D eigenvalue weighted by molar-refractivity contribution is 0.0937. The third-order valence-corrected chi connectivity index (χ3v) is 5.80. The van der Waals surface area contributed by atoms with E-state index in [0.29, 0.717) is 24.5 Å². The van der Waals surface area contributed by atoms with E-state index in [1.807, 2.05) is 30.3 Å². The first-order valence-electron chi connectivity index (χ1n) is 9.84. The quantitative estimate of drug-likeness (QED) is 0.515. The van der Waals surface area contributed by atoms with E-state index in [1.165, 1.54) is 0 Å². The molecule has 0 fully saturated rings. The third kappa shape index (κ3) is 3.56. The average molecular weight is 394 g/mol. The fraction of sp³-hybridized carbons (Fsp3) is 0.348. The van der Waals surface area contributed by atoms with Gasteiger partial charge >= 0.3 is 0 Å². The molecule has 4 rings (SSSR count). The van der Waals surface area contributed by atoms with Gasteiger partial charge in [-0.2, -0.15) is 0 Å². The van der Waals surface area contributed by atoms with Crippen molar-refractivity contribution < 1.29 is 19.4 Å².